The van der Waals surface area contributed by atoms with Gasteiger partial charge in [0, 0.05) is 38.1 Å². The van der Waals surface area contributed by atoms with Crippen LogP contribution in [0.1, 0.15) is 44.6 Å². The molecule has 0 atom stereocenters. The fraction of sp³-hybridized carbons (Fsp3) is 0.417. The normalized spacial score (nSPS) is 13.4. The van der Waals surface area contributed by atoms with Crippen molar-refractivity contribution in [1.29, 1.82) is 0 Å². The first kappa shape index (κ1) is 25.3. The fourth-order valence-corrected chi connectivity index (χ4v) is 3.63. The molecule has 0 saturated heterocycles. The molecular weight excluding hydrogens is 456 g/mol. The van der Waals surface area contributed by atoms with Gasteiger partial charge in [-0.25, -0.2) is 9.97 Å². The van der Waals surface area contributed by atoms with Crippen molar-refractivity contribution in [3.63, 3.8) is 0 Å². The van der Waals surface area contributed by atoms with Crippen molar-refractivity contribution in [2.45, 2.75) is 39.0 Å². The van der Waals surface area contributed by atoms with Crippen LogP contribution >= 0.6 is 11.6 Å². The number of halogens is 1. The molecular formula is C24H31ClN6O3. The fourth-order valence-electron chi connectivity index (χ4n) is 3.45. The smallest absolute Gasteiger partial charge is 0.259 e. The molecule has 0 fully saturated rings. The number of nitrogens with one attached hydrogen (secondary N) is 3. The average molecular weight is 487 g/mol. The first-order valence-corrected chi connectivity index (χ1v) is 11.9. The zero-order valence-corrected chi connectivity index (χ0v) is 20.3. The van der Waals surface area contributed by atoms with Crippen LogP contribution in [0.4, 0.5) is 17.3 Å². The largest absolute Gasteiger partial charge is 0.492 e. The number of carbonyl (C=O) groups excluding carboxylic acids is 2. The third-order valence-corrected chi connectivity index (χ3v) is 5.64. The van der Waals surface area contributed by atoms with Crippen molar-refractivity contribution < 1.29 is 14.3 Å². The van der Waals surface area contributed by atoms with E-state index in [9.17, 15) is 9.59 Å². The molecule has 0 radical (unpaired) electrons. The Morgan fingerprint density at radius 3 is 2.85 bits per heavy atom. The highest BCUT2D eigenvalue weighted by Crippen LogP contribution is 2.35. The van der Waals surface area contributed by atoms with Crippen LogP contribution in [-0.2, 0) is 9.59 Å². The molecule has 10 heteroatoms. The lowest BCUT2D eigenvalue weighted by Crippen LogP contribution is -2.20. The first-order chi connectivity index (χ1) is 16.5. The SMILES string of the molecule is CCCCCCOc1cc(N/C=C2\C(=O)Nc3ncnc(NCCCN(C)C=O)c32)ccc1Cl. The number of rotatable bonds is 14. The summed E-state index contributed by atoms with van der Waals surface area (Å²) in [5.74, 6) is 1.34. The summed E-state index contributed by atoms with van der Waals surface area (Å²) >= 11 is 6.28. The van der Waals surface area contributed by atoms with Gasteiger partial charge in [0.15, 0.2) is 0 Å². The second-order valence-corrected chi connectivity index (χ2v) is 8.43. The van der Waals surface area contributed by atoms with E-state index in [4.69, 9.17) is 16.3 Å². The van der Waals surface area contributed by atoms with Crippen molar-refractivity contribution in [2.24, 2.45) is 0 Å². The Labute approximate surface area is 204 Å². The van der Waals surface area contributed by atoms with Crippen LogP contribution in [-0.4, -0.2) is 53.9 Å². The summed E-state index contributed by atoms with van der Waals surface area (Å²) < 4.78 is 5.84. The number of carbonyl (C=O) groups is 2. The molecule has 182 valence electrons. The Morgan fingerprint density at radius 2 is 2.06 bits per heavy atom. The van der Waals surface area contributed by atoms with Gasteiger partial charge in [0.25, 0.3) is 5.91 Å². The van der Waals surface area contributed by atoms with Crippen LogP contribution in [0.2, 0.25) is 5.02 Å². The topological polar surface area (TPSA) is 108 Å². The van der Waals surface area contributed by atoms with Crippen molar-refractivity contribution in [1.82, 2.24) is 14.9 Å². The third kappa shape index (κ3) is 6.84. The van der Waals surface area contributed by atoms with Gasteiger partial charge in [0.05, 0.1) is 22.8 Å². The monoisotopic (exact) mass is 486 g/mol. The second-order valence-electron chi connectivity index (χ2n) is 8.02. The van der Waals surface area contributed by atoms with E-state index < -0.39 is 0 Å². The predicted octanol–water partition coefficient (Wildman–Crippen LogP) is 4.38. The molecule has 1 aromatic carbocycles. The number of hydrogen-bond donors (Lipinski definition) is 3. The molecule has 0 aliphatic carbocycles. The summed E-state index contributed by atoms with van der Waals surface area (Å²) in [5.41, 5.74) is 1.76. The van der Waals surface area contributed by atoms with E-state index >= 15 is 0 Å². The highest BCUT2D eigenvalue weighted by atomic mass is 35.5. The molecule has 1 aliphatic rings. The van der Waals surface area contributed by atoms with Gasteiger partial charge in [-0.1, -0.05) is 37.8 Å². The van der Waals surface area contributed by atoms with Gasteiger partial charge in [0.1, 0.15) is 23.7 Å². The summed E-state index contributed by atoms with van der Waals surface area (Å²) in [6.07, 6.45) is 9.01. The van der Waals surface area contributed by atoms with Gasteiger partial charge >= 0.3 is 0 Å². The lowest BCUT2D eigenvalue weighted by molar-refractivity contribution is -0.117. The van der Waals surface area contributed by atoms with Crippen LogP contribution in [0.3, 0.4) is 0 Å². The molecule has 2 heterocycles. The Morgan fingerprint density at radius 1 is 1.21 bits per heavy atom. The maximum Gasteiger partial charge on any atom is 0.259 e. The number of fused-ring (bicyclic) bond motifs is 1. The van der Waals surface area contributed by atoms with Crippen LogP contribution < -0.4 is 20.7 Å². The van der Waals surface area contributed by atoms with Gasteiger partial charge < -0.3 is 25.6 Å². The summed E-state index contributed by atoms with van der Waals surface area (Å²) in [4.78, 5) is 33.4. The van der Waals surface area contributed by atoms with E-state index in [-0.39, 0.29) is 5.91 Å². The first-order valence-electron chi connectivity index (χ1n) is 11.5. The number of aromatic nitrogens is 2. The van der Waals surface area contributed by atoms with Crippen molar-refractivity contribution in [3.8, 4) is 5.75 Å². The van der Waals surface area contributed by atoms with E-state index in [0.717, 1.165) is 31.4 Å². The van der Waals surface area contributed by atoms with E-state index in [1.54, 1.807) is 24.2 Å². The van der Waals surface area contributed by atoms with Crippen LogP contribution in [0.5, 0.6) is 5.75 Å². The zero-order chi connectivity index (χ0) is 24.3. The Kier molecular flexibility index (Phi) is 9.51. The zero-order valence-electron chi connectivity index (χ0n) is 19.6. The highest BCUT2D eigenvalue weighted by molar-refractivity contribution is 6.33. The van der Waals surface area contributed by atoms with E-state index in [1.165, 1.54) is 19.2 Å². The minimum Gasteiger partial charge on any atom is -0.492 e. The Bertz CT molecular complexity index is 1030. The molecule has 0 saturated carbocycles. The van der Waals surface area contributed by atoms with Gasteiger partial charge in [-0.3, -0.25) is 9.59 Å². The molecule has 1 aliphatic heterocycles. The quantitative estimate of drug-likeness (QED) is 0.206. The summed E-state index contributed by atoms with van der Waals surface area (Å²) in [6.45, 7) is 3.98. The summed E-state index contributed by atoms with van der Waals surface area (Å²) in [7, 11) is 1.73. The second kappa shape index (κ2) is 12.8. The molecule has 2 amide bonds. The number of amides is 2. The molecule has 9 nitrogen and oxygen atoms in total. The van der Waals surface area contributed by atoms with E-state index in [1.807, 2.05) is 12.1 Å². The van der Waals surface area contributed by atoms with Gasteiger partial charge in [-0.2, -0.15) is 0 Å². The molecule has 1 aromatic heterocycles. The summed E-state index contributed by atoms with van der Waals surface area (Å²) in [6, 6.07) is 5.40. The molecule has 3 N–H and O–H groups in total. The minimum absolute atomic E-state index is 0.270. The van der Waals surface area contributed by atoms with Crippen molar-refractivity contribution in [3.05, 3.63) is 41.3 Å². The predicted molar refractivity (Wildman–Crippen MR) is 135 cm³/mol. The molecule has 0 bridgehead atoms. The van der Waals surface area contributed by atoms with Gasteiger partial charge in [0.2, 0.25) is 6.41 Å². The average Bonchev–Trinajstić information content (AvgIpc) is 3.17. The molecule has 34 heavy (non-hydrogen) atoms. The third-order valence-electron chi connectivity index (χ3n) is 5.32. The van der Waals surface area contributed by atoms with Crippen LogP contribution in [0, 0.1) is 0 Å². The van der Waals surface area contributed by atoms with E-state index in [2.05, 4.69) is 32.8 Å². The Hall–Kier alpha value is -3.33. The number of benzene rings is 1. The van der Waals surface area contributed by atoms with E-state index in [0.29, 0.717) is 53.2 Å². The lowest BCUT2D eigenvalue weighted by Gasteiger charge is -2.12. The van der Waals surface area contributed by atoms with Crippen LogP contribution in [0.15, 0.2) is 30.7 Å². The van der Waals surface area contributed by atoms with Crippen molar-refractivity contribution >= 4 is 46.8 Å². The number of hydrogen-bond acceptors (Lipinski definition) is 7. The highest BCUT2D eigenvalue weighted by Gasteiger charge is 2.29. The molecule has 2 aromatic rings. The molecule has 3 rings (SSSR count). The van der Waals surface area contributed by atoms with Crippen LogP contribution in [0.25, 0.3) is 5.57 Å². The minimum atomic E-state index is -0.270. The molecule has 0 unspecified atom stereocenters. The Balaban J connectivity index is 1.69. The van der Waals surface area contributed by atoms with Crippen molar-refractivity contribution in [2.75, 3.05) is 42.7 Å². The number of anilines is 3. The number of unbranched alkanes of at least 4 members (excludes halogenated alkanes) is 3. The van der Waals surface area contributed by atoms with Gasteiger partial charge in [-0.15, -0.1) is 0 Å². The number of nitrogens with zero attached hydrogens (tertiary/aromatic N) is 3. The standard InChI is InChI=1S/C24H31ClN6O3/c1-3-4-5-6-12-34-20-13-17(8-9-19(20)25)27-14-18-21-22(26-10-7-11-31(2)16-32)28-15-29-23(21)30-24(18)33/h8-9,13-16,27H,3-7,10-12H2,1-2H3,(H2,26,28,29,30,33)/b18-14-. The van der Waals surface area contributed by atoms with Gasteiger partial charge in [-0.05, 0) is 25.0 Å². The maximum absolute atomic E-state index is 12.6. The maximum atomic E-state index is 12.6. The number of ether oxygens (including phenoxy) is 1. The summed E-state index contributed by atoms with van der Waals surface area (Å²) in [5, 5.41) is 9.71. The lowest BCUT2D eigenvalue weighted by atomic mass is 10.1. The molecule has 0 spiro atoms.